The molecule has 0 aliphatic rings. The number of phenols is 1. The van der Waals surface area contributed by atoms with Gasteiger partial charge in [0.25, 0.3) is 0 Å². The standard InChI is InChI=1S/C25H40O3/c1-2-3-4-5-6-7-8-9-10-11-12-13-14-15-16-17-18-25(28-27)23-19-21-24(26)22-20-23/h6-7,9-10,19-22,25-27H,2-5,8,11-18H2,1H3/b7-6+,10-9+. The summed E-state index contributed by atoms with van der Waals surface area (Å²) in [7, 11) is 0. The molecular formula is C25H40O3. The zero-order valence-corrected chi connectivity index (χ0v) is 17.7. The lowest BCUT2D eigenvalue weighted by molar-refractivity contribution is -0.283. The molecule has 1 rings (SSSR count). The molecule has 2 N–H and O–H groups in total. The van der Waals surface area contributed by atoms with E-state index in [0.717, 1.165) is 31.2 Å². The molecule has 0 fully saturated rings. The van der Waals surface area contributed by atoms with Gasteiger partial charge in [0.2, 0.25) is 0 Å². The fourth-order valence-electron chi connectivity index (χ4n) is 3.29. The zero-order valence-electron chi connectivity index (χ0n) is 17.7. The summed E-state index contributed by atoms with van der Waals surface area (Å²) in [6.45, 7) is 2.24. The van der Waals surface area contributed by atoms with Crippen molar-refractivity contribution in [3.8, 4) is 5.75 Å². The first-order valence-electron chi connectivity index (χ1n) is 11.2. The zero-order chi connectivity index (χ0) is 20.3. The molecule has 1 atom stereocenters. The van der Waals surface area contributed by atoms with E-state index in [1.165, 1.54) is 57.8 Å². The molecule has 0 radical (unpaired) electrons. The first kappa shape index (κ1) is 24.5. The van der Waals surface area contributed by atoms with Crippen molar-refractivity contribution in [2.75, 3.05) is 0 Å². The SMILES string of the molecule is CCCCC/C=C/C/C=C/CCCCCCCCC(OO)c1ccc(O)cc1. The molecule has 1 aromatic rings. The number of aromatic hydroxyl groups is 1. The van der Waals surface area contributed by atoms with Crippen molar-refractivity contribution in [3.05, 3.63) is 54.1 Å². The number of allylic oxidation sites excluding steroid dienone is 4. The van der Waals surface area contributed by atoms with Crippen LogP contribution in [0.2, 0.25) is 0 Å². The van der Waals surface area contributed by atoms with Crippen LogP contribution >= 0.6 is 0 Å². The van der Waals surface area contributed by atoms with Gasteiger partial charge in [0.05, 0.1) is 0 Å². The van der Waals surface area contributed by atoms with Crippen LogP contribution in [0.5, 0.6) is 5.75 Å². The number of rotatable bonds is 17. The van der Waals surface area contributed by atoms with Gasteiger partial charge in [-0.3, -0.25) is 5.26 Å². The van der Waals surface area contributed by atoms with Crippen molar-refractivity contribution >= 4 is 0 Å². The first-order valence-corrected chi connectivity index (χ1v) is 11.2. The number of phenolic OH excluding ortho intramolecular Hbond substituents is 1. The molecule has 0 saturated carbocycles. The highest BCUT2D eigenvalue weighted by atomic mass is 17.1. The number of unbranched alkanes of at least 4 members (excludes halogenated alkanes) is 9. The lowest BCUT2D eigenvalue weighted by Gasteiger charge is -2.13. The minimum Gasteiger partial charge on any atom is -0.508 e. The number of benzene rings is 1. The van der Waals surface area contributed by atoms with Gasteiger partial charge in [-0.25, -0.2) is 4.89 Å². The average Bonchev–Trinajstić information content (AvgIpc) is 2.71. The Morgan fingerprint density at radius 1 is 0.786 bits per heavy atom. The van der Waals surface area contributed by atoms with E-state index in [0.29, 0.717) is 0 Å². The van der Waals surface area contributed by atoms with Crippen molar-refractivity contribution in [3.63, 3.8) is 0 Å². The average molecular weight is 389 g/mol. The third-order valence-electron chi connectivity index (χ3n) is 5.06. The van der Waals surface area contributed by atoms with Crippen molar-refractivity contribution in [1.82, 2.24) is 0 Å². The Balaban J connectivity index is 1.94. The second-order valence-corrected chi connectivity index (χ2v) is 7.56. The fraction of sp³-hybridized carbons (Fsp3) is 0.600. The van der Waals surface area contributed by atoms with E-state index in [1.54, 1.807) is 24.3 Å². The van der Waals surface area contributed by atoms with Gasteiger partial charge in [0.15, 0.2) is 0 Å². The summed E-state index contributed by atoms with van der Waals surface area (Å²) in [5.41, 5.74) is 0.905. The summed E-state index contributed by atoms with van der Waals surface area (Å²) < 4.78 is 0. The summed E-state index contributed by atoms with van der Waals surface area (Å²) in [5, 5.41) is 18.4. The Morgan fingerprint density at radius 2 is 1.36 bits per heavy atom. The summed E-state index contributed by atoms with van der Waals surface area (Å²) in [6, 6.07) is 6.84. The Kier molecular flexibility index (Phi) is 15.3. The van der Waals surface area contributed by atoms with Crippen molar-refractivity contribution in [1.29, 1.82) is 0 Å². The lowest BCUT2D eigenvalue weighted by Crippen LogP contribution is -2.01. The topological polar surface area (TPSA) is 49.7 Å². The Morgan fingerprint density at radius 3 is 1.96 bits per heavy atom. The monoisotopic (exact) mass is 388 g/mol. The van der Waals surface area contributed by atoms with E-state index in [9.17, 15) is 5.11 Å². The Bertz CT molecular complexity index is 519. The summed E-state index contributed by atoms with van der Waals surface area (Å²) >= 11 is 0. The van der Waals surface area contributed by atoms with Crippen LogP contribution in [0.3, 0.4) is 0 Å². The molecule has 0 aromatic heterocycles. The molecular weight excluding hydrogens is 348 g/mol. The minimum absolute atomic E-state index is 0.231. The number of hydrogen-bond donors (Lipinski definition) is 2. The maximum absolute atomic E-state index is 9.33. The van der Waals surface area contributed by atoms with Crippen molar-refractivity contribution < 1.29 is 15.3 Å². The molecule has 0 amide bonds. The smallest absolute Gasteiger partial charge is 0.118 e. The number of hydrogen-bond acceptors (Lipinski definition) is 3. The highest BCUT2D eigenvalue weighted by Gasteiger charge is 2.11. The van der Waals surface area contributed by atoms with Crippen LogP contribution in [-0.4, -0.2) is 10.4 Å². The molecule has 0 aliphatic carbocycles. The normalized spacial score (nSPS) is 12.9. The second-order valence-electron chi connectivity index (χ2n) is 7.56. The van der Waals surface area contributed by atoms with E-state index in [-0.39, 0.29) is 11.9 Å². The second kappa shape index (κ2) is 17.5. The molecule has 158 valence electrons. The van der Waals surface area contributed by atoms with E-state index >= 15 is 0 Å². The third-order valence-corrected chi connectivity index (χ3v) is 5.06. The van der Waals surface area contributed by atoms with Gasteiger partial charge in [-0.15, -0.1) is 0 Å². The summed E-state index contributed by atoms with van der Waals surface area (Å²) in [4.78, 5) is 4.61. The first-order chi connectivity index (χ1) is 13.8. The van der Waals surface area contributed by atoms with Crippen LogP contribution in [0, 0.1) is 0 Å². The Labute approximate surface area is 172 Å². The van der Waals surface area contributed by atoms with Crippen LogP contribution in [0.15, 0.2) is 48.6 Å². The van der Waals surface area contributed by atoms with E-state index in [2.05, 4.69) is 36.1 Å². The van der Waals surface area contributed by atoms with Crippen LogP contribution in [0.1, 0.15) is 102 Å². The molecule has 1 aromatic carbocycles. The van der Waals surface area contributed by atoms with Gasteiger partial charge >= 0.3 is 0 Å². The fourth-order valence-corrected chi connectivity index (χ4v) is 3.29. The van der Waals surface area contributed by atoms with Crippen LogP contribution in [0.4, 0.5) is 0 Å². The predicted octanol–water partition coefficient (Wildman–Crippen LogP) is 8.13. The molecule has 0 aliphatic heterocycles. The maximum Gasteiger partial charge on any atom is 0.118 e. The molecule has 3 nitrogen and oxygen atoms in total. The molecule has 0 saturated heterocycles. The molecule has 0 heterocycles. The van der Waals surface area contributed by atoms with Gasteiger partial charge in [-0.1, -0.05) is 88.3 Å². The van der Waals surface area contributed by atoms with Gasteiger partial charge in [0, 0.05) is 0 Å². The largest absolute Gasteiger partial charge is 0.508 e. The third kappa shape index (κ3) is 12.7. The van der Waals surface area contributed by atoms with Crippen LogP contribution in [0.25, 0.3) is 0 Å². The van der Waals surface area contributed by atoms with Crippen molar-refractivity contribution in [2.45, 2.75) is 96.5 Å². The van der Waals surface area contributed by atoms with E-state index in [4.69, 9.17) is 5.26 Å². The molecule has 3 heteroatoms. The van der Waals surface area contributed by atoms with Crippen molar-refractivity contribution in [2.24, 2.45) is 0 Å². The Hall–Kier alpha value is -1.58. The van der Waals surface area contributed by atoms with Crippen LogP contribution < -0.4 is 0 Å². The molecule has 28 heavy (non-hydrogen) atoms. The molecule has 1 unspecified atom stereocenters. The summed E-state index contributed by atoms with van der Waals surface area (Å²) in [6.07, 6.45) is 24.4. The van der Waals surface area contributed by atoms with E-state index < -0.39 is 0 Å². The van der Waals surface area contributed by atoms with Gasteiger partial charge in [-0.2, -0.15) is 0 Å². The quantitative estimate of drug-likeness (QED) is 0.123. The predicted molar refractivity (Wildman–Crippen MR) is 119 cm³/mol. The van der Waals surface area contributed by atoms with Gasteiger partial charge in [-0.05, 0) is 56.2 Å². The summed E-state index contributed by atoms with van der Waals surface area (Å²) in [5.74, 6) is 0.231. The van der Waals surface area contributed by atoms with Gasteiger partial charge < -0.3 is 5.11 Å². The van der Waals surface area contributed by atoms with Crippen LogP contribution in [-0.2, 0) is 4.89 Å². The van der Waals surface area contributed by atoms with Gasteiger partial charge in [0.1, 0.15) is 11.9 Å². The minimum atomic E-state index is -0.300. The highest BCUT2D eigenvalue weighted by Crippen LogP contribution is 2.25. The molecule has 0 spiro atoms. The highest BCUT2D eigenvalue weighted by molar-refractivity contribution is 5.27. The lowest BCUT2D eigenvalue weighted by atomic mass is 10.0. The molecule has 0 bridgehead atoms. The van der Waals surface area contributed by atoms with E-state index in [1.807, 2.05) is 0 Å². The maximum atomic E-state index is 9.33.